The second-order valence-electron chi connectivity index (χ2n) is 9.28. The molecule has 37 heavy (non-hydrogen) atoms. The Morgan fingerprint density at radius 1 is 0.919 bits per heavy atom. The first-order chi connectivity index (χ1) is 17.8. The van der Waals surface area contributed by atoms with Crippen molar-refractivity contribution in [3.63, 3.8) is 0 Å². The summed E-state index contributed by atoms with van der Waals surface area (Å²) in [6.45, 7) is 2.98. The number of likely N-dealkylation sites (N-methyl/N-ethyl adjacent to an activating group) is 1. The molecule has 2 N–H and O–H groups in total. The van der Waals surface area contributed by atoms with E-state index < -0.39 is 10.0 Å². The largest absolute Gasteiger partial charge is 0.494 e. The highest BCUT2D eigenvalue weighted by molar-refractivity contribution is 7.92. The molecule has 0 aliphatic heterocycles. The molecule has 0 fully saturated rings. The summed E-state index contributed by atoms with van der Waals surface area (Å²) in [6, 6.07) is 24.7. The van der Waals surface area contributed by atoms with Crippen molar-refractivity contribution in [3.05, 3.63) is 90.0 Å². The number of sulfonamides is 1. The van der Waals surface area contributed by atoms with Crippen LogP contribution in [0.15, 0.2) is 83.9 Å². The van der Waals surface area contributed by atoms with E-state index in [-0.39, 0.29) is 11.6 Å². The molecule has 0 bridgehead atoms. The first-order valence-corrected chi connectivity index (χ1v) is 14.1. The molecule has 1 heterocycles. The number of para-hydroxylation sites is 1. The maximum Gasteiger partial charge on any atom is 0.235 e. The van der Waals surface area contributed by atoms with E-state index in [2.05, 4.69) is 4.98 Å². The van der Waals surface area contributed by atoms with Gasteiger partial charge in [-0.3, -0.25) is 4.31 Å². The van der Waals surface area contributed by atoms with Gasteiger partial charge < -0.3 is 15.0 Å². The molecule has 0 radical (unpaired) electrons. The summed E-state index contributed by atoms with van der Waals surface area (Å²) in [5, 5.41) is 11.7. The lowest BCUT2D eigenvalue weighted by Gasteiger charge is -2.26. The first-order valence-electron chi connectivity index (χ1n) is 12.5. The Morgan fingerprint density at radius 2 is 1.59 bits per heavy atom. The van der Waals surface area contributed by atoms with E-state index >= 15 is 0 Å². The lowest BCUT2D eigenvalue weighted by atomic mass is 10.0. The van der Waals surface area contributed by atoms with Crippen molar-refractivity contribution < 1.29 is 13.5 Å². The zero-order chi connectivity index (χ0) is 26.4. The van der Waals surface area contributed by atoms with Gasteiger partial charge in [0.2, 0.25) is 10.0 Å². The number of unbranched alkanes of at least 4 members (excludes halogenated alkanes) is 1. The van der Waals surface area contributed by atoms with E-state index in [0.717, 1.165) is 22.9 Å². The van der Waals surface area contributed by atoms with Gasteiger partial charge in [0, 0.05) is 29.6 Å². The molecule has 0 saturated heterocycles. The third kappa shape index (κ3) is 6.21. The SMILES string of the molecule is CCCCS(=O)(=O)N(CCN(C)C)c1ccc(N=C(c2ccccc2)c2c(O)[nH]c3ccccc23)cc1. The Hall–Kier alpha value is -3.62. The number of nitrogens with one attached hydrogen (secondary N) is 1. The molecule has 0 saturated carbocycles. The fraction of sp³-hybridized carbons (Fsp3) is 0.276. The van der Waals surface area contributed by atoms with Gasteiger partial charge in [-0.1, -0.05) is 61.9 Å². The average molecular weight is 519 g/mol. The fourth-order valence-electron chi connectivity index (χ4n) is 4.21. The van der Waals surface area contributed by atoms with Gasteiger partial charge in [-0.05, 0) is 50.8 Å². The minimum atomic E-state index is -3.44. The normalized spacial score (nSPS) is 12.4. The number of aromatic amines is 1. The highest BCUT2D eigenvalue weighted by atomic mass is 32.2. The lowest BCUT2D eigenvalue weighted by molar-refractivity contribution is 0.419. The molecule has 194 valence electrons. The van der Waals surface area contributed by atoms with Crippen molar-refractivity contribution in [1.29, 1.82) is 0 Å². The van der Waals surface area contributed by atoms with E-state index in [1.807, 2.05) is 92.6 Å². The molecule has 0 unspecified atom stereocenters. The third-order valence-electron chi connectivity index (χ3n) is 6.19. The molecule has 7 nitrogen and oxygen atoms in total. The van der Waals surface area contributed by atoms with Gasteiger partial charge in [0.15, 0.2) is 5.88 Å². The number of rotatable bonds is 11. The molecule has 0 amide bonds. The summed E-state index contributed by atoms with van der Waals surface area (Å²) in [4.78, 5) is 9.94. The van der Waals surface area contributed by atoms with Crippen LogP contribution in [-0.4, -0.2) is 62.1 Å². The number of hydrogen-bond donors (Lipinski definition) is 2. The number of aliphatic imine (C=N–C) groups is 1. The van der Waals surface area contributed by atoms with Gasteiger partial charge in [0.1, 0.15) is 0 Å². The van der Waals surface area contributed by atoms with Crippen LogP contribution in [0.1, 0.15) is 30.9 Å². The van der Waals surface area contributed by atoms with Crippen LogP contribution >= 0.6 is 0 Å². The quantitative estimate of drug-likeness (QED) is 0.255. The van der Waals surface area contributed by atoms with Crippen molar-refractivity contribution in [2.45, 2.75) is 19.8 Å². The van der Waals surface area contributed by atoms with Crippen molar-refractivity contribution in [2.75, 3.05) is 37.2 Å². The van der Waals surface area contributed by atoms with E-state index in [1.165, 1.54) is 4.31 Å². The number of anilines is 1. The molecule has 0 spiro atoms. The molecular formula is C29H34N4O3S. The standard InChI is InChI=1S/C29H34N4O3S/c1-4-5-21-37(35,36)33(20-19-32(2)3)24-17-15-23(16-18-24)30-28(22-11-7-6-8-12-22)27-25-13-9-10-14-26(25)31-29(27)34/h6-18,31,34H,4-5,19-21H2,1-3H3. The second kappa shape index (κ2) is 11.6. The van der Waals surface area contributed by atoms with Gasteiger partial charge in [0.25, 0.3) is 0 Å². The van der Waals surface area contributed by atoms with Crippen molar-refractivity contribution in [3.8, 4) is 5.88 Å². The number of fused-ring (bicyclic) bond motifs is 1. The minimum Gasteiger partial charge on any atom is -0.494 e. The van der Waals surface area contributed by atoms with Gasteiger partial charge in [-0.15, -0.1) is 0 Å². The molecule has 4 rings (SSSR count). The van der Waals surface area contributed by atoms with Crippen molar-refractivity contribution in [1.82, 2.24) is 9.88 Å². The highest BCUT2D eigenvalue weighted by Crippen LogP contribution is 2.32. The molecule has 0 aliphatic carbocycles. The molecule has 3 aromatic carbocycles. The first kappa shape index (κ1) is 26.4. The number of nitrogens with zero attached hydrogens (tertiary/aromatic N) is 3. The Labute approximate surface area is 219 Å². The second-order valence-corrected chi connectivity index (χ2v) is 11.3. The Morgan fingerprint density at radius 3 is 2.27 bits per heavy atom. The summed E-state index contributed by atoms with van der Waals surface area (Å²) in [5.41, 5.74) is 4.21. The number of H-pyrrole nitrogens is 1. The van der Waals surface area contributed by atoms with Crippen LogP contribution in [-0.2, 0) is 10.0 Å². The summed E-state index contributed by atoms with van der Waals surface area (Å²) in [5.74, 6) is 0.173. The molecule has 0 atom stereocenters. The van der Waals surface area contributed by atoms with Crippen LogP contribution in [0.3, 0.4) is 0 Å². The van der Waals surface area contributed by atoms with Crippen LogP contribution in [0.5, 0.6) is 5.88 Å². The predicted octanol–water partition coefficient (Wildman–Crippen LogP) is 5.54. The molecule has 4 aromatic rings. The molecular weight excluding hydrogens is 484 g/mol. The van der Waals surface area contributed by atoms with Gasteiger partial charge in [-0.25, -0.2) is 13.4 Å². The molecule has 1 aromatic heterocycles. The van der Waals surface area contributed by atoms with E-state index in [1.54, 1.807) is 12.1 Å². The van der Waals surface area contributed by atoms with Gasteiger partial charge in [0.05, 0.1) is 28.4 Å². The van der Waals surface area contributed by atoms with E-state index in [0.29, 0.717) is 42.2 Å². The van der Waals surface area contributed by atoms with Crippen molar-refractivity contribution in [2.24, 2.45) is 4.99 Å². The zero-order valence-corrected chi connectivity index (χ0v) is 22.4. The smallest absolute Gasteiger partial charge is 0.235 e. The predicted molar refractivity (Wildman–Crippen MR) is 153 cm³/mol. The van der Waals surface area contributed by atoms with Crippen LogP contribution < -0.4 is 4.31 Å². The third-order valence-corrected chi connectivity index (χ3v) is 8.06. The zero-order valence-electron chi connectivity index (χ0n) is 21.6. The Kier molecular flexibility index (Phi) is 8.31. The molecule has 0 aliphatic rings. The Bertz CT molecular complexity index is 1460. The summed E-state index contributed by atoms with van der Waals surface area (Å²) in [7, 11) is 0.417. The lowest BCUT2D eigenvalue weighted by Crippen LogP contribution is -2.38. The van der Waals surface area contributed by atoms with Gasteiger partial charge >= 0.3 is 0 Å². The van der Waals surface area contributed by atoms with Gasteiger partial charge in [-0.2, -0.15) is 0 Å². The van der Waals surface area contributed by atoms with E-state index in [4.69, 9.17) is 4.99 Å². The topological polar surface area (TPSA) is 89.0 Å². The monoisotopic (exact) mass is 518 g/mol. The number of aromatic nitrogens is 1. The van der Waals surface area contributed by atoms with Crippen LogP contribution in [0.2, 0.25) is 0 Å². The van der Waals surface area contributed by atoms with Crippen LogP contribution in [0.4, 0.5) is 11.4 Å². The summed E-state index contributed by atoms with van der Waals surface area (Å²) < 4.78 is 27.7. The molecule has 8 heteroatoms. The summed E-state index contributed by atoms with van der Waals surface area (Å²) >= 11 is 0. The van der Waals surface area contributed by atoms with E-state index in [9.17, 15) is 13.5 Å². The Balaban J connectivity index is 1.75. The number of benzene rings is 3. The average Bonchev–Trinajstić information content (AvgIpc) is 3.22. The minimum absolute atomic E-state index is 0.0531. The fourth-order valence-corrected chi connectivity index (χ4v) is 5.88. The van der Waals surface area contributed by atoms with Crippen LogP contribution in [0.25, 0.3) is 10.9 Å². The highest BCUT2D eigenvalue weighted by Gasteiger charge is 2.22. The maximum absolute atomic E-state index is 13.1. The maximum atomic E-state index is 13.1. The van der Waals surface area contributed by atoms with Crippen molar-refractivity contribution >= 4 is 38.0 Å². The number of aromatic hydroxyl groups is 1. The number of hydrogen-bond acceptors (Lipinski definition) is 5. The van der Waals surface area contributed by atoms with Crippen LogP contribution in [0, 0.1) is 0 Å². The summed E-state index contributed by atoms with van der Waals surface area (Å²) in [6.07, 6.45) is 1.44.